The summed E-state index contributed by atoms with van der Waals surface area (Å²) in [7, 11) is 0. The highest BCUT2D eigenvalue weighted by Gasteiger charge is 2.46. The first kappa shape index (κ1) is 27.1. The fraction of sp³-hybridized carbons (Fsp3) is 0.586. The van der Waals surface area contributed by atoms with E-state index in [0.717, 1.165) is 60.6 Å². The molecule has 0 radical (unpaired) electrons. The third kappa shape index (κ3) is 5.44. The Morgan fingerprint density at radius 2 is 1.93 bits per heavy atom. The monoisotopic (exact) mass is 561 g/mol. The van der Waals surface area contributed by atoms with E-state index in [0.29, 0.717) is 19.3 Å². The Labute approximate surface area is 231 Å². The van der Waals surface area contributed by atoms with Crippen molar-refractivity contribution in [2.75, 3.05) is 51.3 Å². The molecule has 40 heavy (non-hydrogen) atoms. The maximum absolute atomic E-state index is 15.1. The molecule has 1 unspecified atom stereocenters. The molecule has 1 saturated carbocycles. The largest absolute Gasteiger partial charge is 0.389 e. The SMILES string of the molecule is Cc1cc(F)c(NC(=O)N2CC[C@@H](CC(F)(F)F)C2)cc1C1=CC2(C)CN(C3CC3)N=C2C(N2CCOCC2)=C1. The first-order chi connectivity index (χ1) is 19.0. The second-order valence-corrected chi connectivity index (χ2v) is 11.9. The molecule has 0 aromatic heterocycles. The highest BCUT2D eigenvalue weighted by atomic mass is 19.4. The Morgan fingerprint density at radius 1 is 1.18 bits per heavy atom. The van der Waals surface area contributed by atoms with Gasteiger partial charge in [0.15, 0.2) is 0 Å². The van der Waals surface area contributed by atoms with Crippen molar-refractivity contribution in [1.82, 2.24) is 14.8 Å². The minimum absolute atomic E-state index is 0.000437. The number of urea groups is 1. The van der Waals surface area contributed by atoms with Gasteiger partial charge in [0.05, 0.1) is 42.3 Å². The number of benzene rings is 1. The van der Waals surface area contributed by atoms with Crippen LogP contribution in [0.3, 0.4) is 0 Å². The lowest BCUT2D eigenvalue weighted by molar-refractivity contribution is -0.143. The van der Waals surface area contributed by atoms with E-state index in [4.69, 9.17) is 9.84 Å². The number of amides is 2. The molecule has 216 valence electrons. The number of nitrogens with zero attached hydrogens (tertiary/aromatic N) is 4. The van der Waals surface area contributed by atoms with Crippen molar-refractivity contribution in [1.29, 1.82) is 0 Å². The molecule has 1 N–H and O–H groups in total. The predicted molar refractivity (Wildman–Crippen MR) is 144 cm³/mol. The first-order valence-corrected chi connectivity index (χ1v) is 14.1. The highest BCUT2D eigenvalue weighted by Crippen LogP contribution is 2.45. The quantitative estimate of drug-likeness (QED) is 0.490. The van der Waals surface area contributed by atoms with Crippen molar-refractivity contribution in [3.05, 3.63) is 46.9 Å². The third-order valence-electron chi connectivity index (χ3n) is 8.55. The van der Waals surface area contributed by atoms with Gasteiger partial charge in [-0.05, 0) is 73.9 Å². The van der Waals surface area contributed by atoms with Crippen LogP contribution in [0.15, 0.2) is 35.1 Å². The Kier molecular flexibility index (Phi) is 6.83. The zero-order valence-electron chi connectivity index (χ0n) is 22.9. The molecule has 1 aromatic carbocycles. The van der Waals surface area contributed by atoms with E-state index in [2.05, 4.69) is 34.3 Å². The molecule has 2 atom stereocenters. The number of allylic oxidation sites excluding steroid dienone is 3. The highest BCUT2D eigenvalue weighted by molar-refractivity contribution is 6.11. The number of ether oxygens (including phenoxy) is 1. The molecule has 11 heteroatoms. The lowest BCUT2D eigenvalue weighted by Gasteiger charge is -2.37. The summed E-state index contributed by atoms with van der Waals surface area (Å²) >= 11 is 0. The van der Waals surface area contributed by atoms with Crippen LogP contribution < -0.4 is 5.32 Å². The number of aryl methyl sites for hydroxylation is 1. The van der Waals surface area contributed by atoms with Crippen LogP contribution in [0.2, 0.25) is 0 Å². The van der Waals surface area contributed by atoms with Gasteiger partial charge in [0.2, 0.25) is 0 Å². The maximum Gasteiger partial charge on any atom is 0.389 e. The van der Waals surface area contributed by atoms with Crippen LogP contribution in [-0.4, -0.2) is 84.7 Å². The molecular formula is C29H35F4N5O2. The van der Waals surface area contributed by atoms with Gasteiger partial charge in [0.25, 0.3) is 0 Å². The number of hydrogen-bond acceptors (Lipinski definition) is 5. The molecule has 2 aliphatic carbocycles. The van der Waals surface area contributed by atoms with E-state index >= 15 is 4.39 Å². The summed E-state index contributed by atoms with van der Waals surface area (Å²) in [5.74, 6) is -1.22. The van der Waals surface area contributed by atoms with E-state index in [-0.39, 0.29) is 30.6 Å². The summed E-state index contributed by atoms with van der Waals surface area (Å²) in [6.45, 7) is 7.80. The number of likely N-dealkylation sites (tertiary alicyclic amines) is 1. The van der Waals surface area contributed by atoms with Crippen LogP contribution in [0.1, 0.15) is 43.7 Å². The summed E-state index contributed by atoms with van der Waals surface area (Å²) < 4.78 is 59.1. The maximum atomic E-state index is 15.1. The number of hydrogen-bond donors (Lipinski definition) is 1. The Morgan fingerprint density at radius 3 is 2.62 bits per heavy atom. The van der Waals surface area contributed by atoms with Crippen LogP contribution >= 0.6 is 0 Å². The summed E-state index contributed by atoms with van der Waals surface area (Å²) in [4.78, 5) is 16.6. The Bertz CT molecular complexity index is 1280. The van der Waals surface area contributed by atoms with Gasteiger partial charge in [-0.3, -0.25) is 5.01 Å². The zero-order valence-corrected chi connectivity index (χ0v) is 22.9. The number of morpholine rings is 1. The fourth-order valence-corrected chi connectivity index (χ4v) is 6.32. The number of carbonyl (C=O) groups excluding carboxylic acids is 1. The summed E-state index contributed by atoms with van der Waals surface area (Å²) in [5, 5.41) is 9.89. The topological polar surface area (TPSA) is 60.4 Å². The first-order valence-electron chi connectivity index (χ1n) is 14.1. The Balaban J connectivity index is 1.28. The predicted octanol–water partition coefficient (Wildman–Crippen LogP) is 5.39. The van der Waals surface area contributed by atoms with Crippen molar-refractivity contribution in [3.63, 3.8) is 0 Å². The number of alkyl halides is 3. The minimum atomic E-state index is -4.27. The molecule has 2 saturated heterocycles. The second-order valence-electron chi connectivity index (χ2n) is 11.9. The third-order valence-corrected chi connectivity index (χ3v) is 8.55. The standard InChI is InChI=1S/C29H35F4N5O2/c1-18-11-23(30)24(34-27(39)37-6-5-19(16-37)14-29(31,32)33)13-22(18)20-12-25(36-7-9-40-10-8-36)26-28(2,15-20)17-38(35-26)21-3-4-21/h11-13,15,19,21H,3-10,14,16-17H2,1-2H3,(H,34,39)/t19-,28?/m0/s1. The number of rotatable bonds is 5. The number of carbonyl (C=O) groups is 1. The number of nitrogens with one attached hydrogen (secondary N) is 1. The van der Waals surface area contributed by atoms with Crippen molar-refractivity contribution < 1.29 is 27.1 Å². The van der Waals surface area contributed by atoms with Gasteiger partial charge in [-0.25, -0.2) is 9.18 Å². The molecule has 1 aromatic rings. The van der Waals surface area contributed by atoms with Gasteiger partial charge in [-0.15, -0.1) is 0 Å². The second kappa shape index (κ2) is 10.1. The van der Waals surface area contributed by atoms with Gasteiger partial charge in [0.1, 0.15) is 5.82 Å². The van der Waals surface area contributed by atoms with Crippen molar-refractivity contribution >= 4 is 23.0 Å². The molecule has 3 heterocycles. The van der Waals surface area contributed by atoms with Crippen molar-refractivity contribution in [2.45, 2.75) is 51.7 Å². The Hall–Kier alpha value is -3.08. The van der Waals surface area contributed by atoms with E-state index in [9.17, 15) is 18.0 Å². The molecule has 0 bridgehead atoms. The lowest BCUT2D eigenvalue weighted by atomic mass is 9.76. The van der Waals surface area contributed by atoms with Gasteiger partial charge in [0, 0.05) is 38.6 Å². The molecule has 7 nitrogen and oxygen atoms in total. The van der Waals surface area contributed by atoms with Crippen LogP contribution in [0.4, 0.5) is 28.0 Å². The van der Waals surface area contributed by atoms with Gasteiger partial charge in [-0.1, -0.05) is 6.08 Å². The van der Waals surface area contributed by atoms with Gasteiger partial charge in [-0.2, -0.15) is 18.3 Å². The van der Waals surface area contributed by atoms with Gasteiger partial charge < -0.3 is 19.9 Å². The molecule has 3 aliphatic heterocycles. The van der Waals surface area contributed by atoms with Crippen molar-refractivity contribution in [3.8, 4) is 0 Å². The van der Waals surface area contributed by atoms with E-state index in [1.807, 2.05) is 6.92 Å². The minimum Gasteiger partial charge on any atom is -0.378 e. The fourth-order valence-electron chi connectivity index (χ4n) is 6.32. The van der Waals surface area contributed by atoms with Crippen LogP contribution in [0, 0.1) is 24.1 Å². The number of anilines is 1. The van der Waals surface area contributed by atoms with Crippen LogP contribution in [-0.2, 0) is 4.74 Å². The molecule has 3 fully saturated rings. The van der Waals surface area contributed by atoms with E-state index in [1.165, 1.54) is 11.0 Å². The molecule has 2 amide bonds. The van der Waals surface area contributed by atoms with E-state index in [1.54, 1.807) is 6.07 Å². The molecule has 5 aliphatic rings. The summed E-state index contributed by atoms with van der Waals surface area (Å²) in [6.07, 6.45) is 1.68. The smallest absolute Gasteiger partial charge is 0.378 e. The number of fused-ring (bicyclic) bond motifs is 1. The van der Waals surface area contributed by atoms with E-state index < -0.39 is 30.4 Å². The van der Waals surface area contributed by atoms with Crippen LogP contribution in [0.5, 0.6) is 0 Å². The van der Waals surface area contributed by atoms with Crippen molar-refractivity contribution in [2.24, 2.45) is 16.4 Å². The lowest BCUT2D eigenvalue weighted by Crippen LogP contribution is -2.42. The average molecular weight is 562 g/mol. The molecule has 6 rings (SSSR count). The van der Waals surface area contributed by atoms with Crippen LogP contribution in [0.25, 0.3) is 5.57 Å². The van der Waals surface area contributed by atoms with Gasteiger partial charge >= 0.3 is 12.2 Å². The summed E-state index contributed by atoms with van der Waals surface area (Å²) in [6, 6.07) is 2.94. The number of halogens is 4. The average Bonchev–Trinajstić information content (AvgIpc) is 3.54. The zero-order chi connectivity index (χ0) is 28.2. The molecular weight excluding hydrogens is 526 g/mol. The summed E-state index contributed by atoms with van der Waals surface area (Å²) in [5.41, 5.74) is 4.24. The normalized spacial score (nSPS) is 26.9. The number of hydrazone groups is 1. The molecule has 0 spiro atoms.